The van der Waals surface area contributed by atoms with Crippen molar-refractivity contribution in [2.24, 2.45) is 0 Å². The minimum Gasteiger partial charge on any atom is -0.396 e. The van der Waals surface area contributed by atoms with Gasteiger partial charge in [-0.2, -0.15) is 0 Å². The average Bonchev–Trinajstić information content (AvgIpc) is 2.77. The molecule has 0 spiro atoms. The molecule has 0 radical (unpaired) electrons. The first-order valence-corrected chi connectivity index (χ1v) is 6.77. The molecular formula is C14H20ClNO. The molecule has 2 nitrogen and oxygen atoms in total. The van der Waals surface area contributed by atoms with E-state index in [4.69, 9.17) is 16.7 Å². The molecule has 17 heavy (non-hydrogen) atoms. The summed E-state index contributed by atoms with van der Waals surface area (Å²) < 4.78 is 0. The van der Waals surface area contributed by atoms with E-state index < -0.39 is 0 Å². The summed E-state index contributed by atoms with van der Waals surface area (Å²) in [7, 11) is 0. The molecule has 1 fully saturated rings. The molecule has 1 atom stereocenters. The summed E-state index contributed by atoms with van der Waals surface area (Å²) in [6, 6.07) is 8.70. The molecule has 1 aliphatic rings. The average molecular weight is 254 g/mol. The highest BCUT2D eigenvalue weighted by molar-refractivity contribution is 6.31. The molecule has 1 N–H and O–H groups in total. The second-order valence-corrected chi connectivity index (χ2v) is 5.11. The molecule has 0 saturated carbocycles. The number of nitrogens with zero attached hydrogens (tertiary/aromatic N) is 1. The van der Waals surface area contributed by atoms with Crippen LogP contribution in [0.3, 0.4) is 0 Å². The van der Waals surface area contributed by atoms with Crippen LogP contribution in [0.1, 0.15) is 24.8 Å². The van der Waals surface area contributed by atoms with E-state index in [1.807, 2.05) is 18.2 Å². The van der Waals surface area contributed by atoms with Crippen LogP contribution in [-0.2, 0) is 6.42 Å². The minimum absolute atomic E-state index is 0.287. The quantitative estimate of drug-likeness (QED) is 0.872. The van der Waals surface area contributed by atoms with E-state index >= 15 is 0 Å². The van der Waals surface area contributed by atoms with Gasteiger partial charge in [-0.25, -0.2) is 0 Å². The van der Waals surface area contributed by atoms with Gasteiger partial charge in [0.15, 0.2) is 0 Å². The van der Waals surface area contributed by atoms with Crippen LogP contribution in [0.2, 0.25) is 5.02 Å². The molecule has 1 unspecified atom stereocenters. The molecular weight excluding hydrogens is 234 g/mol. The van der Waals surface area contributed by atoms with Crippen LogP contribution < -0.4 is 0 Å². The lowest BCUT2D eigenvalue weighted by molar-refractivity contribution is 0.212. The number of halogens is 1. The molecule has 94 valence electrons. The molecule has 0 aromatic heterocycles. The predicted octanol–water partition coefficient (Wildman–Crippen LogP) is 2.73. The van der Waals surface area contributed by atoms with Gasteiger partial charge in [-0.3, -0.25) is 4.90 Å². The van der Waals surface area contributed by atoms with E-state index in [1.54, 1.807) is 0 Å². The summed E-state index contributed by atoms with van der Waals surface area (Å²) in [6.45, 7) is 2.45. The first kappa shape index (κ1) is 12.9. The number of aliphatic hydroxyl groups excluding tert-OH is 1. The molecule has 1 aromatic rings. The van der Waals surface area contributed by atoms with E-state index in [0.717, 1.165) is 31.0 Å². The lowest BCUT2D eigenvalue weighted by Crippen LogP contribution is -2.32. The maximum Gasteiger partial charge on any atom is 0.0443 e. The third-order valence-electron chi connectivity index (χ3n) is 3.52. The number of hydrogen-bond acceptors (Lipinski definition) is 2. The van der Waals surface area contributed by atoms with Crippen molar-refractivity contribution in [1.82, 2.24) is 4.90 Å². The van der Waals surface area contributed by atoms with Gasteiger partial charge < -0.3 is 5.11 Å². The van der Waals surface area contributed by atoms with Crippen LogP contribution >= 0.6 is 11.6 Å². The molecule has 1 saturated heterocycles. The van der Waals surface area contributed by atoms with E-state index in [-0.39, 0.29) is 6.61 Å². The van der Waals surface area contributed by atoms with Crippen molar-refractivity contribution >= 4 is 11.6 Å². The monoisotopic (exact) mass is 253 g/mol. The van der Waals surface area contributed by atoms with Crippen molar-refractivity contribution in [3.63, 3.8) is 0 Å². The van der Waals surface area contributed by atoms with Gasteiger partial charge in [-0.05, 0) is 43.9 Å². The van der Waals surface area contributed by atoms with Crippen LogP contribution in [-0.4, -0.2) is 35.7 Å². The normalized spacial score (nSPS) is 20.9. The zero-order chi connectivity index (χ0) is 12.1. The molecule has 1 heterocycles. The fourth-order valence-corrected chi connectivity index (χ4v) is 2.83. The van der Waals surface area contributed by atoms with Gasteiger partial charge in [-0.1, -0.05) is 29.8 Å². The van der Waals surface area contributed by atoms with Gasteiger partial charge in [-0.15, -0.1) is 0 Å². The van der Waals surface area contributed by atoms with Crippen molar-refractivity contribution in [2.75, 3.05) is 19.7 Å². The second kappa shape index (κ2) is 6.39. The Bertz CT molecular complexity index is 356. The van der Waals surface area contributed by atoms with Gasteiger partial charge in [0, 0.05) is 24.2 Å². The summed E-state index contributed by atoms with van der Waals surface area (Å²) in [4.78, 5) is 2.49. The van der Waals surface area contributed by atoms with Crippen LogP contribution in [0.5, 0.6) is 0 Å². The fourth-order valence-electron chi connectivity index (χ4n) is 2.61. The maximum absolute atomic E-state index is 8.90. The van der Waals surface area contributed by atoms with Crippen molar-refractivity contribution < 1.29 is 5.11 Å². The molecule has 1 aliphatic heterocycles. The zero-order valence-electron chi connectivity index (χ0n) is 10.1. The largest absolute Gasteiger partial charge is 0.396 e. The first-order chi connectivity index (χ1) is 8.31. The van der Waals surface area contributed by atoms with E-state index in [0.29, 0.717) is 6.04 Å². The number of benzene rings is 1. The van der Waals surface area contributed by atoms with Gasteiger partial charge in [0.25, 0.3) is 0 Å². The van der Waals surface area contributed by atoms with Gasteiger partial charge >= 0.3 is 0 Å². The number of aliphatic hydroxyl groups is 1. The SMILES string of the molecule is OCCCN1CCCC1Cc1ccccc1Cl. The lowest BCUT2D eigenvalue weighted by atomic mass is 10.0. The van der Waals surface area contributed by atoms with Crippen molar-refractivity contribution in [1.29, 1.82) is 0 Å². The highest BCUT2D eigenvalue weighted by Gasteiger charge is 2.24. The third-order valence-corrected chi connectivity index (χ3v) is 3.88. The Hall–Kier alpha value is -0.570. The van der Waals surface area contributed by atoms with E-state index in [2.05, 4.69) is 11.0 Å². The van der Waals surface area contributed by atoms with Crippen molar-refractivity contribution in [3.8, 4) is 0 Å². The molecule has 0 amide bonds. The highest BCUT2D eigenvalue weighted by Crippen LogP contribution is 2.24. The Morgan fingerprint density at radius 2 is 2.18 bits per heavy atom. The number of rotatable bonds is 5. The van der Waals surface area contributed by atoms with Gasteiger partial charge in [0.2, 0.25) is 0 Å². The number of hydrogen-bond donors (Lipinski definition) is 1. The van der Waals surface area contributed by atoms with Gasteiger partial charge in [0.05, 0.1) is 0 Å². The third kappa shape index (κ3) is 3.44. The van der Waals surface area contributed by atoms with Crippen LogP contribution in [0.15, 0.2) is 24.3 Å². The Morgan fingerprint density at radius 1 is 1.35 bits per heavy atom. The smallest absolute Gasteiger partial charge is 0.0443 e. The lowest BCUT2D eigenvalue weighted by Gasteiger charge is -2.24. The van der Waals surface area contributed by atoms with Crippen LogP contribution in [0, 0.1) is 0 Å². The highest BCUT2D eigenvalue weighted by atomic mass is 35.5. The van der Waals surface area contributed by atoms with Crippen molar-refractivity contribution in [3.05, 3.63) is 34.9 Å². The molecule has 0 bridgehead atoms. The Balaban J connectivity index is 1.95. The zero-order valence-corrected chi connectivity index (χ0v) is 10.9. The van der Waals surface area contributed by atoms with Crippen LogP contribution in [0.25, 0.3) is 0 Å². The summed E-state index contributed by atoms with van der Waals surface area (Å²) in [5, 5.41) is 9.78. The van der Waals surface area contributed by atoms with Crippen LogP contribution in [0.4, 0.5) is 0 Å². The number of likely N-dealkylation sites (tertiary alicyclic amines) is 1. The topological polar surface area (TPSA) is 23.5 Å². The summed E-state index contributed by atoms with van der Waals surface area (Å²) >= 11 is 6.20. The first-order valence-electron chi connectivity index (χ1n) is 6.39. The second-order valence-electron chi connectivity index (χ2n) is 4.70. The standard InChI is InChI=1S/C14H20ClNO/c15-14-7-2-1-5-12(14)11-13-6-3-8-16(13)9-4-10-17/h1-2,5,7,13,17H,3-4,6,8-11H2. The summed E-state index contributed by atoms with van der Waals surface area (Å²) in [5.74, 6) is 0. The maximum atomic E-state index is 8.90. The summed E-state index contributed by atoms with van der Waals surface area (Å²) in [5.41, 5.74) is 1.25. The Kier molecular flexibility index (Phi) is 4.84. The Labute approximate surface area is 108 Å². The van der Waals surface area contributed by atoms with E-state index in [1.165, 1.54) is 18.4 Å². The summed E-state index contributed by atoms with van der Waals surface area (Å²) in [6.07, 6.45) is 4.42. The Morgan fingerprint density at radius 3 is 2.94 bits per heavy atom. The van der Waals surface area contributed by atoms with E-state index in [9.17, 15) is 0 Å². The minimum atomic E-state index is 0.287. The van der Waals surface area contributed by atoms with Gasteiger partial charge in [0.1, 0.15) is 0 Å². The van der Waals surface area contributed by atoms with Crippen molar-refractivity contribution in [2.45, 2.75) is 31.7 Å². The molecule has 1 aromatic carbocycles. The predicted molar refractivity (Wildman–Crippen MR) is 71.5 cm³/mol. The molecule has 2 rings (SSSR count). The molecule has 0 aliphatic carbocycles. The fraction of sp³-hybridized carbons (Fsp3) is 0.571. The molecule has 3 heteroatoms.